The van der Waals surface area contributed by atoms with Gasteiger partial charge in [-0.15, -0.1) is 0 Å². The van der Waals surface area contributed by atoms with E-state index >= 15 is 0 Å². The molecule has 22 heavy (non-hydrogen) atoms. The van der Waals surface area contributed by atoms with E-state index in [0.29, 0.717) is 0 Å². The zero-order valence-electron chi connectivity index (χ0n) is 14.6. The summed E-state index contributed by atoms with van der Waals surface area (Å²) in [5, 5.41) is 3.39. The maximum atomic E-state index is 12.0. The van der Waals surface area contributed by atoms with Crippen molar-refractivity contribution in [3.63, 3.8) is 0 Å². The Morgan fingerprint density at radius 2 is 1.77 bits per heavy atom. The number of piperazine rings is 1. The number of carbonyl (C=O) groups is 1. The number of carbonyl (C=O) groups excluding carboxylic acids is 1. The third-order valence-electron chi connectivity index (χ3n) is 4.56. The van der Waals surface area contributed by atoms with Gasteiger partial charge in [0, 0.05) is 39.3 Å². The Morgan fingerprint density at radius 1 is 1.14 bits per heavy atom. The van der Waals surface area contributed by atoms with Crippen molar-refractivity contribution in [3.8, 4) is 0 Å². The van der Waals surface area contributed by atoms with Crippen LogP contribution < -0.4 is 5.32 Å². The second-order valence-electron chi connectivity index (χ2n) is 7.64. The lowest BCUT2D eigenvalue weighted by Gasteiger charge is -2.34. The quantitative estimate of drug-likeness (QED) is 0.865. The van der Waals surface area contributed by atoms with Gasteiger partial charge in [-0.3, -0.25) is 0 Å². The first-order chi connectivity index (χ1) is 10.4. The van der Waals surface area contributed by atoms with Crippen LogP contribution in [0.25, 0.3) is 0 Å². The monoisotopic (exact) mass is 311 g/mol. The molecule has 0 aromatic heterocycles. The third kappa shape index (κ3) is 6.13. The molecule has 5 heteroatoms. The molecule has 2 rings (SSSR count). The lowest BCUT2D eigenvalue weighted by Crippen LogP contribution is -2.44. The fraction of sp³-hybridized carbons (Fsp3) is 0.941. The number of hydrogen-bond acceptors (Lipinski definition) is 4. The van der Waals surface area contributed by atoms with Gasteiger partial charge in [0.05, 0.1) is 0 Å². The molecule has 0 radical (unpaired) electrons. The molecule has 0 aromatic carbocycles. The molecule has 1 N–H and O–H groups in total. The lowest BCUT2D eigenvalue weighted by molar-refractivity contribution is 0.0179. The van der Waals surface area contributed by atoms with Gasteiger partial charge in [0.2, 0.25) is 0 Å². The minimum absolute atomic E-state index is 0.147. The Hall–Kier alpha value is -0.810. The smallest absolute Gasteiger partial charge is 0.410 e. The molecule has 0 bridgehead atoms. The van der Waals surface area contributed by atoms with Crippen molar-refractivity contribution in [1.29, 1.82) is 0 Å². The predicted molar refractivity (Wildman–Crippen MR) is 89.1 cm³/mol. The van der Waals surface area contributed by atoms with E-state index in [0.717, 1.165) is 44.9 Å². The summed E-state index contributed by atoms with van der Waals surface area (Å²) in [6, 6.07) is 0. The normalized spacial score (nSPS) is 21.9. The van der Waals surface area contributed by atoms with Gasteiger partial charge in [0.25, 0.3) is 0 Å². The highest BCUT2D eigenvalue weighted by Gasteiger charge is 2.26. The van der Waals surface area contributed by atoms with Gasteiger partial charge >= 0.3 is 6.09 Å². The summed E-state index contributed by atoms with van der Waals surface area (Å²) in [5.41, 5.74) is -0.392. The van der Waals surface area contributed by atoms with Gasteiger partial charge < -0.3 is 19.9 Å². The van der Waals surface area contributed by atoms with Crippen LogP contribution in [-0.2, 0) is 4.74 Å². The van der Waals surface area contributed by atoms with Gasteiger partial charge in [-0.2, -0.15) is 0 Å². The average molecular weight is 311 g/mol. The summed E-state index contributed by atoms with van der Waals surface area (Å²) in [7, 11) is 0. The third-order valence-corrected chi connectivity index (χ3v) is 4.56. The van der Waals surface area contributed by atoms with Crippen molar-refractivity contribution in [1.82, 2.24) is 15.1 Å². The van der Waals surface area contributed by atoms with E-state index in [1.807, 2.05) is 25.7 Å². The molecule has 0 aliphatic carbocycles. The van der Waals surface area contributed by atoms with Crippen LogP contribution >= 0.6 is 0 Å². The van der Waals surface area contributed by atoms with Gasteiger partial charge in [0.1, 0.15) is 5.60 Å². The molecule has 2 aliphatic rings. The first-order valence-electron chi connectivity index (χ1n) is 8.85. The number of hydrogen-bond donors (Lipinski definition) is 1. The number of piperidine rings is 1. The topological polar surface area (TPSA) is 44.8 Å². The Labute approximate surface area is 135 Å². The number of nitrogens with zero attached hydrogens (tertiary/aromatic N) is 2. The zero-order valence-corrected chi connectivity index (χ0v) is 14.6. The van der Waals surface area contributed by atoms with E-state index in [2.05, 4.69) is 10.2 Å². The minimum atomic E-state index is -0.392. The number of likely N-dealkylation sites (tertiary alicyclic amines) is 1. The number of ether oxygens (including phenoxy) is 1. The summed E-state index contributed by atoms with van der Waals surface area (Å²) in [4.78, 5) is 16.5. The Morgan fingerprint density at radius 3 is 2.36 bits per heavy atom. The maximum Gasteiger partial charge on any atom is 0.410 e. The van der Waals surface area contributed by atoms with E-state index in [9.17, 15) is 4.79 Å². The molecule has 5 nitrogen and oxygen atoms in total. The van der Waals surface area contributed by atoms with Crippen molar-refractivity contribution in [2.45, 2.75) is 52.1 Å². The van der Waals surface area contributed by atoms with Crippen molar-refractivity contribution < 1.29 is 9.53 Å². The standard InChI is InChI=1S/C17H33N3O2/c1-17(2,3)22-16(21)20-11-6-15(7-12-20)5-4-10-19-13-8-18-9-14-19/h15,18H,4-14H2,1-3H3. The molecular formula is C17H33N3O2. The van der Waals surface area contributed by atoms with Crippen LogP contribution in [0.1, 0.15) is 46.5 Å². The molecule has 0 saturated carbocycles. The summed E-state index contributed by atoms with van der Waals surface area (Å²) in [6.07, 6.45) is 4.69. The van der Waals surface area contributed by atoms with E-state index in [-0.39, 0.29) is 6.09 Å². The van der Waals surface area contributed by atoms with Gasteiger partial charge in [-0.25, -0.2) is 4.79 Å². The fourth-order valence-corrected chi connectivity index (χ4v) is 3.27. The van der Waals surface area contributed by atoms with Gasteiger partial charge in [-0.05, 0) is 58.9 Å². The molecule has 0 unspecified atom stereocenters. The van der Waals surface area contributed by atoms with Crippen LogP contribution in [0.5, 0.6) is 0 Å². The highest BCUT2D eigenvalue weighted by atomic mass is 16.6. The van der Waals surface area contributed by atoms with Gasteiger partial charge in [0.15, 0.2) is 0 Å². The zero-order chi connectivity index (χ0) is 16.0. The molecule has 0 atom stereocenters. The van der Waals surface area contributed by atoms with Crippen LogP contribution in [0.2, 0.25) is 0 Å². The largest absolute Gasteiger partial charge is 0.444 e. The molecule has 128 valence electrons. The van der Waals surface area contributed by atoms with Crippen molar-refractivity contribution >= 4 is 6.09 Å². The maximum absolute atomic E-state index is 12.0. The van der Waals surface area contributed by atoms with Crippen molar-refractivity contribution in [2.75, 3.05) is 45.8 Å². The molecule has 2 aliphatic heterocycles. The van der Waals surface area contributed by atoms with Gasteiger partial charge in [-0.1, -0.05) is 0 Å². The van der Waals surface area contributed by atoms with E-state index in [4.69, 9.17) is 4.74 Å². The SMILES string of the molecule is CC(C)(C)OC(=O)N1CCC(CCCN2CCNCC2)CC1. The van der Waals surface area contributed by atoms with Crippen molar-refractivity contribution in [2.24, 2.45) is 5.92 Å². The average Bonchev–Trinajstić information content (AvgIpc) is 2.47. The second kappa shape index (κ2) is 8.16. The predicted octanol–water partition coefficient (Wildman–Crippen LogP) is 2.32. The fourth-order valence-electron chi connectivity index (χ4n) is 3.27. The first kappa shape index (κ1) is 17.5. The number of amides is 1. The van der Waals surface area contributed by atoms with E-state index in [1.165, 1.54) is 32.5 Å². The number of nitrogens with one attached hydrogen (secondary N) is 1. The van der Waals surface area contributed by atoms with Crippen LogP contribution in [0, 0.1) is 5.92 Å². The summed E-state index contributed by atoms with van der Waals surface area (Å²) in [6.45, 7) is 13.4. The van der Waals surface area contributed by atoms with E-state index < -0.39 is 5.60 Å². The van der Waals surface area contributed by atoms with Crippen LogP contribution in [-0.4, -0.2) is 67.3 Å². The van der Waals surface area contributed by atoms with Crippen LogP contribution in [0.3, 0.4) is 0 Å². The minimum Gasteiger partial charge on any atom is -0.444 e. The number of rotatable bonds is 4. The molecule has 2 heterocycles. The van der Waals surface area contributed by atoms with Crippen LogP contribution in [0.15, 0.2) is 0 Å². The molecule has 0 spiro atoms. The van der Waals surface area contributed by atoms with Crippen molar-refractivity contribution in [3.05, 3.63) is 0 Å². The van der Waals surface area contributed by atoms with Crippen LogP contribution in [0.4, 0.5) is 4.79 Å². The molecule has 1 amide bonds. The van der Waals surface area contributed by atoms with E-state index in [1.54, 1.807) is 0 Å². The summed E-state index contributed by atoms with van der Waals surface area (Å²) >= 11 is 0. The summed E-state index contributed by atoms with van der Waals surface area (Å²) in [5.74, 6) is 0.779. The Balaban J connectivity index is 1.59. The second-order valence-corrected chi connectivity index (χ2v) is 7.64. The molecule has 2 fully saturated rings. The molecule has 0 aromatic rings. The Bertz CT molecular complexity index is 340. The molecular weight excluding hydrogens is 278 g/mol. The highest BCUT2D eigenvalue weighted by molar-refractivity contribution is 5.68. The highest BCUT2D eigenvalue weighted by Crippen LogP contribution is 2.23. The summed E-state index contributed by atoms with van der Waals surface area (Å²) < 4.78 is 5.45. The Kier molecular flexibility index (Phi) is 6.50. The molecule has 2 saturated heterocycles. The lowest BCUT2D eigenvalue weighted by atomic mass is 9.92. The first-order valence-corrected chi connectivity index (χ1v) is 8.85.